The molecule has 0 radical (unpaired) electrons. The first kappa shape index (κ1) is 15.6. The molecule has 6 aliphatic rings. The number of allylic oxidation sites excluding steroid dienone is 2. The molecule has 0 amide bonds. The van der Waals surface area contributed by atoms with Crippen LogP contribution in [0.1, 0.15) is 83.5 Å². The van der Waals surface area contributed by atoms with Crippen LogP contribution in [0.25, 0.3) is 0 Å². The first-order valence-electron chi connectivity index (χ1n) is 11.8. The van der Waals surface area contributed by atoms with E-state index in [1.165, 1.54) is 50.6 Å². The second-order valence-electron chi connectivity index (χ2n) is 10.8. The third-order valence-electron chi connectivity index (χ3n) is 10.4. The van der Waals surface area contributed by atoms with E-state index in [9.17, 15) is 0 Å². The molecule has 1 spiro atoms. The molecule has 0 aromatic carbocycles. The Labute approximate surface area is 154 Å². The minimum Gasteiger partial charge on any atom is -0.402 e. The second-order valence-corrected chi connectivity index (χ2v) is 10.8. The van der Waals surface area contributed by atoms with Crippen LogP contribution in [-0.4, -0.2) is 0 Å². The van der Waals surface area contributed by atoms with Gasteiger partial charge in [0.15, 0.2) is 0 Å². The van der Waals surface area contributed by atoms with Gasteiger partial charge in [0.25, 0.3) is 0 Å². The molecule has 0 saturated heterocycles. The van der Waals surface area contributed by atoms with Crippen LogP contribution in [0, 0.1) is 52.8 Å². The summed E-state index contributed by atoms with van der Waals surface area (Å²) in [6.45, 7) is 0. The molecule has 1 heteroatoms. The standard InChI is InChI=1S/C24H37N/c25-15-12-13-19-17-7-2-4-10-21(17)24(23(19)14-15)20-9-3-1-6-16(20)18-8-5-11-22(18)24/h14,16-23H,1-13,25H2/t16?,17-,18-,19?,20?,21?,22?,23+,24?/m1/s1. The Balaban J connectivity index is 1.53. The number of nitrogens with two attached hydrogens (primary N) is 1. The van der Waals surface area contributed by atoms with E-state index < -0.39 is 0 Å². The van der Waals surface area contributed by atoms with E-state index in [2.05, 4.69) is 6.08 Å². The lowest BCUT2D eigenvalue weighted by atomic mass is 9.54. The summed E-state index contributed by atoms with van der Waals surface area (Å²) in [6, 6.07) is 0. The topological polar surface area (TPSA) is 26.0 Å². The fourth-order valence-corrected chi connectivity index (χ4v) is 10.2. The van der Waals surface area contributed by atoms with Gasteiger partial charge >= 0.3 is 0 Å². The van der Waals surface area contributed by atoms with Crippen molar-refractivity contribution in [2.24, 2.45) is 58.5 Å². The number of hydrogen-bond acceptors (Lipinski definition) is 1. The van der Waals surface area contributed by atoms with E-state index in [0.717, 1.165) is 47.3 Å². The highest BCUT2D eigenvalue weighted by Gasteiger charge is 2.71. The lowest BCUT2D eigenvalue weighted by Crippen LogP contribution is -2.44. The fraction of sp³-hybridized carbons (Fsp3) is 0.917. The van der Waals surface area contributed by atoms with Gasteiger partial charge in [-0.2, -0.15) is 0 Å². The first-order valence-corrected chi connectivity index (χ1v) is 11.8. The van der Waals surface area contributed by atoms with Crippen LogP contribution in [0.4, 0.5) is 0 Å². The summed E-state index contributed by atoms with van der Waals surface area (Å²) < 4.78 is 0. The Morgan fingerprint density at radius 3 is 1.84 bits per heavy atom. The zero-order chi connectivity index (χ0) is 16.6. The molecular formula is C24H37N. The van der Waals surface area contributed by atoms with E-state index in [1.807, 2.05) is 0 Å². The van der Waals surface area contributed by atoms with Gasteiger partial charge in [0.05, 0.1) is 0 Å². The van der Waals surface area contributed by atoms with Crippen molar-refractivity contribution >= 4 is 0 Å². The zero-order valence-electron chi connectivity index (χ0n) is 16.0. The van der Waals surface area contributed by atoms with Crippen LogP contribution in [0.2, 0.25) is 0 Å². The predicted octanol–water partition coefficient (Wildman–Crippen LogP) is 5.90. The lowest BCUT2D eigenvalue weighted by molar-refractivity contribution is -0.00691. The largest absolute Gasteiger partial charge is 0.402 e. The molecule has 5 saturated carbocycles. The van der Waals surface area contributed by atoms with Crippen molar-refractivity contribution < 1.29 is 0 Å². The second kappa shape index (κ2) is 5.52. The maximum absolute atomic E-state index is 6.50. The van der Waals surface area contributed by atoms with Crippen molar-refractivity contribution in [3.05, 3.63) is 11.8 Å². The zero-order valence-corrected chi connectivity index (χ0v) is 16.0. The summed E-state index contributed by atoms with van der Waals surface area (Å²) in [4.78, 5) is 0. The molecule has 138 valence electrons. The van der Waals surface area contributed by atoms with E-state index in [4.69, 9.17) is 5.73 Å². The molecule has 6 rings (SSSR count). The Hall–Kier alpha value is -0.460. The van der Waals surface area contributed by atoms with E-state index in [1.54, 1.807) is 38.5 Å². The quantitative estimate of drug-likeness (QED) is 0.584. The predicted molar refractivity (Wildman–Crippen MR) is 103 cm³/mol. The molecule has 0 aromatic heterocycles. The third-order valence-corrected chi connectivity index (χ3v) is 10.4. The Kier molecular flexibility index (Phi) is 3.44. The normalized spacial score (nSPS) is 56.9. The Bertz CT molecular complexity index is 579. The average Bonchev–Trinajstić information content (AvgIpc) is 3.29. The van der Waals surface area contributed by atoms with Crippen molar-refractivity contribution in [3.63, 3.8) is 0 Å². The Morgan fingerprint density at radius 1 is 0.640 bits per heavy atom. The van der Waals surface area contributed by atoms with Gasteiger partial charge in [-0.05, 0) is 104 Å². The van der Waals surface area contributed by atoms with Gasteiger partial charge in [0, 0.05) is 5.70 Å². The van der Waals surface area contributed by atoms with Crippen LogP contribution >= 0.6 is 0 Å². The summed E-state index contributed by atoms with van der Waals surface area (Å²) in [5, 5.41) is 0. The highest BCUT2D eigenvalue weighted by atomic mass is 14.8. The van der Waals surface area contributed by atoms with Crippen LogP contribution in [0.5, 0.6) is 0 Å². The molecule has 6 aliphatic carbocycles. The number of rotatable bonds is 0. The smallest absolute Gasteiger partial charge is 0.00432 e. The highest BCUT2D eigenvalue weighted by Crippen LogP contribution is 2.77. The average molecular weight is 340 g/mol. The van der Waals surface area contributed by atoms with E-state index in [-0.39, 0.29) is 0 Å². The van der Waals surface area contributed by atoms with Crippen molar-refractivity contribution in [1.82, 2.24) is 0 Å². The fourth-order valence-electron chi connectivity index (χ4n) is 10.2. The Morgan fingerprint density at radius 2 is 1.16 bits per heavy atom. The van der Waals surface area contributed by atoms with Gasteiger partial charge in [-0.25, -0.2) is 0 Å². The minimum atomic E-state index is 0.688. The maximum atomic E-state index is 6.50. The molecular weight excluding hydrogens is 302 g/mol. The van der Waals surface area contributed by atoms with Gasteiger partial charge in [-0.15, -0.1) is 0 Å². The van der Waals surface area contributed by atoms with Crippen molar-refractivity contribution in [3.8, 4) is 0 Å². The maximum Gasteiger partial charge on any atom is 0.00432 e. The van der Waals surface area contributed by atoms with Crippen LogP contribution in [0.3, 0.4) is 0 Å². The van der Waals surface area contributed by atoms with E-state index >= 15 is 0 Å². The lowest BCUT2D eigenvalue weighted by Gasteiger charge is -2.50. The van der Waals surface area contributed by atoms with Crippen molar-refractivity contribution in [1.29, 1.82) is 0 Å². The van der Waals surface area contributed by atoms with Crippen LogP contribution in [-0.2, 0) is 0 Å². The van der Waals surface area contributed by atoms with E-state index in [0.29, 0.717) is 5.41 Å². The van der Waals surface area contributed by atoms with Gasteiger partial charge in [0.1, 0.15) is 0 Å². The molecule has 0 aliphatic heterocycles. The van der Waals surface area contributed by atoms with Gasteiger partial charge in [-0.1, -0.05) is 38.2 Å². The molecule has 2 N–H and O–H groups in total. The van der Waals surface area contributed by atoms with Gasteiger partial charge in [-0.3, -0.25) is 0 Å². The van der Waals surface area contributed by atoms with Crippen molar-refractivity contribution in [2.45, 2.75) is 83.5 Å². The number of fused-ring (bicyclic) bond motifs is 10. The van der Waals surface area contributed by atoms with Gasteiger partial charge < -0.3 is 5.73 Å². The monoisotopic (exact) mass is 339 g/mol. The summed E-state index contributed by atoms with van der Waals surface area (Å²) in [7, 11) is 0. The summed E-state index contributed by atoms with van der Waals surface area (Å²) in [5.74, 6) is 8.33. The SMILES string of the molecule is NC1=C[C@H]2C(CC1)[C@H]1CCCCC1C21C2CCCCC2[C@H]2CCCC21. The highest BCUT2D eigenvalue weighted by molar-refractivity contribution is 5.25. The number of hydrogen-bond donors (Lipinski definition) is 1. The molecule has 6 unspecified atom stereocenters. The van der Waals surface area contributed by atoms with Crippen LogP contribution < -0.4 is 5.73 Å². The molecule has 0 aromatic rings. The van der Waals surface area contributed by atoms with Gasteiger partial charge in [0.2, 0.25) is 0 Å². The molecule has 9 atom stereocenters. The van der Waals surface area contributed by atoms with Crippen molar-refractivity contribution in [2.75, 3.05) is 0 Å². The molecule has 0 heterocycles. The summed E-state index contributed by atoms with van der Waals surface area (Å²) >= 11 is 0. The molecule has 1 nitrogen and oxygen atoms in total. The minimum absolute atomic E-state index is 0.688. The van der Waals surface area contributed by atoms with Crippen LogP contribution in [0.15, 0.2) is 11.8 Å². The molecule has 0 bridgehead atoms. The molecule has 25 heavy (non-hydrogen) atoms. The molecule has 5 fully saturated rings. The third kappa shape index (κ3) is 1.86. The summed E-state index contributed by atoms with van der Waals surface area (Å²) in [5.41, 5.74) is 8.44. The summed E-state index contributed by atoms with van der Waals surface area (Å²) in [6.07, 6.45) is 22.3. The first-order chi connectivity index (χ1) is 12.3.